The van der Waals surface area contributed by atoms with Crippen molar-refractivity contribution in [1.82, 2.24) is 4.57 Å². The summed E-state index contributed by atoms with van der Waals surface area (Å²) in [5.74, 6) is -0.903. The normalized spacial score (nSPS) is 23.5. The average molecular weight is 319 g/mol. The number of carboxylic acids is 1. The van der Waals surface area contributed by atoms with Crippen molar-refractivity contribution in [2.24, 2.45) is 0 Å². The number of nitrogens with zero attached hydrogens (tertiary/aromatic N) is 2. The van der Waals surface area contributed by atoms with Gasteiger partial charge in [-0.05, 0) is 18.2 Å². The minimum atomic E-state index is -1.33. The van der Waals surface area contributed by atoms with Gasteiger partial charge in [0.2, 0.25) is 0 Å². The highest BCUT2D eigenvalue weighted by Crippen LogP contribution is 2.46. The highest BCUT2D eigenvalue weighted by Gasteiger charge is 2.55. The van der Waals surface area contributed by atoms with Crippen LogP contribution in [-0.4, -0.2) is 26.0 Å². The third kappa shape index (κ3) is 2.32. The molecule has 0 saturated heterocycles. The van der Waals surface area contributed by atoms with Gasteiger partial charge in [0.25, 0.3) is 5.72 Å². The first kappa shape index (κ1) is 15.1. The number of carbonyl (C=O) groups is 1. The van der Waals surface area contributed by atoms with Crippen LogP contribution in [0.15, 0.2) is 47.9 Å². The number of aromatic nitrogens is 2. The number of hydrogen-bond acceptors (Lipinski definition) is 3. The largest absolute Gasteiger partial charge is 0.481 e. The smallest absolute Gasteiger partial charge is 0.321 e. The van der Waals surface area contributed by atoms with Gasteiger partial charge in [0.15, 0.2) is 0 Å². The number of carboxylic acid groups (broad SMARTS) is 1. The first-order chi connectivity index (χ1) is 10.6. The zero-order valence-electron chi connectivity index (χ0n) is 12.3. The molecule has 2 aromatic rings. The molecule has 5 nitrogen and oxygen atoms in total. The maximum absolute atomic E-state index is 11.4. The van der Waals surface area contributed by atoms with E-state index < -0.39 is 16.9 Å². The zero-order chi connectivity index (χ0) is 15.7. The van der Waals surface area contributed by atoms with Crippen molar-refractivity contribution in [2.45, 2.75) is 42.4 Å². The quantitative estimate of drug-likeness (QED) is 0.825. The molecule has 0 bridgehead atoms. The molecule has 116 valence electrons. The molecule has 0 fully saturated rings. The van der Waals surface area contributed by atoms with Crippen LogP contribution in [0.1, 0.15) is 25.3 Å². The number of thioether (sulfide) groups is 1. The van der Waals surface area contributed by atoms with E-state index in [9.17, 15) is 15.0 Å². The van der Waals surface area contributed by atoms with E-state index in [0.717, 1.165) is 18.1 Å². The number of imidazole rings is 1. The molecule has 0 saturated carbocycles. The summed E-state index contributed by atoms with van der Waals surface area (Å²) in [5, 5.41) is 21.0. The molecule has 1 aliphatic heterocycles. The van der Waals surface area contributed by atoms with Crippen LogP contribution in [0.4, 0.5) is 0 Å². The van der Waals surface area contributed by atoms with Gasteiger partial charge >= 0.3 is 11.1 Å². The Hall–Kier alpha value is -1.79. The summed E-state index contributed by atoms with van der Waals surface area (Å²) in [6.45, 7) is 2.94. The first-order valence-corrected chi connectivity index (χ1v) is 8.23. The Morgan fingerprint density at radius 3 is 2.77 bits per heavy atom. The Kier molecular flexibility index (Phi) is 3.97. The van der Waals surface area contributed by atoms with E-state index in [1.54, 1.807) is 4.57 Å². The molecule has 22 heavy (non-hydrogen) atoms. The van der Waals surface area contributed by atoms with Crippen LogP contribution in [0, 0.1) is 0 Å². The molecule has 2 N–H and O–H groups in total. The van der Waals surface area contributed by atoms with Gasteiger partial charge in [-0.3, -0.25) is 4.79 Å². The van der Waals surface area contributed by atoms with Crippen molar-refractivity contribution >= 4 is 17.7 Å². The molecule has 2 atom stereocenters. The topological polar surface area (TPSA) is 66.3 Å². The second kappa shape index (κ2) is 5.78. The van der Waals surface area contributed by atoms with Gasteiger partial charge < -0.3 is 10.2 Å². The first-order valence-electron chi connectivity index (χ1n) is 7.35. The summed E-state index contributed by atoms with van der Waals surface area (Å²) in [6, 6.07) is 9.28. The Labute approximate surface area is 133 Å². The van der Waals surface area contributed by atoms with Crippen molar-refractivity contribution in [3.05, 3.63) is 48.3 Å². The predicted octanol–water partition coefficient (Wildman–Crippen LogP) is 1.83. The fourth-order valence-electron chi connectivity index (χ4n) is 2.92. The summed E-state index contributed by atoms with van der Waals surface area (Å²) in [6.07, 6.45) is 4.67. The van der Waals surface area contributed by atoms with Gasteiger partial charge in [-0.15, -0.1) is 0 Å². The molecule has 0 amide bonds. The molecule has 0 radical (unpaired) electrons. The van der Waals surface area contributed by atoms with Crippen LogP contribution in [0.3, 0.4) is 0 Å². The number of aliphatic hydroxyl groups is 1. The lowest BCUT2D eigenvalue weighted by Gasteiger charge is -2.25. The molecular formula is C16H19N2O3S+. The van der Waals surface area contributed by atoms with E-state index in [2.05, 4.69) is 11.5 Å². The molecule has 3 rings (SSSR count). The molecule has 1 aliphatic rings. The molecule has 2 unspecified atom stereocenters. The van der Waals surface area contributed by atoms with E-state index in [-0.39, 0.29) is 6.42 Å². The van der Waals surface area contributed by atoms with Gasteiger partial charge in [0.1, 0.15) is 17.6 Å². The maximum Gasteiger partial charge on any atom is 0.321 e. The number of aryl methyl sites for hydroxylation is 1. The highest BCUT2D eigenvalue weighted by molar-refractivity contribution is 8.00. The van der Waals surface area contributed by atoms with Crippen LogP contribution >= 0.6 is 11.8 Å². The fourth-order valence-corrected chi connectivity index (χ4v) is 4.42. The van der Waals surface area contributed by atoms with Crippen LogP contribution in [0.5, 0.6) is 0 Å². The third-order valence-electron chi connectivity index (χ3n) is 3.93. The van der Waals surface area contributed by atoms with E-state index >= 15 is 0 Å². The minimum absolute atomic E-state index is 0.0934. The second-order valence-corrected chi connectivity index (χ2v) is 6.61. The van der Waals surface area contributed by atoms with E-state index in [1.165, 1.54) is 11.8 Å². The SMILES string of the molecule is CCC[n+]1ccn2c1SC(CC(=O)O)C2(O)c1ccccc1. The van der Waals surface area contributed by atoms with Crippen LogP contribution in [0.25, 0.3) is 0 Å². The van der Waals surface area contributed by atoms with Crippen molar-refractivity contribution in [2.75, 3.05) is 0 Å². The van der Waals surface area contributed by atoms with Crippen LogP contribution in [-0.2, 0) is 17.1 Å². The monoisotopic (exact) mass is 319 g/mol. The molecule has 2 heterocycles. The highest BCUT2D eigenvalue weighted by atomic mass is 32.2. The molecule has 1 aromatic carbocycles. The predicted molar refractivity (Wildman–Crippen MR) is 82.6 cm³/mol. The Morgan fingerprint density at radius 2 is 2.14 bits per heavy atom. The summed E-state index contributed by atoms with van der Waals surface area (Å²) in [7, 11) is 0. The number of rotatable bonds is 5. The Morgan fingerprint density at radius 1 is 1.41 bits per heavy atom. The summed E-state index contributed by atoms with van der Waals surface area (Å²) in [4.78, 5) is 11.2. The lowest BCUT2D eigenvalue weighted by atomic mass is 9.97. The summed E-state index contributed by atoms with van der Waals surface area (Å²) < 4.78 is 3.87. The second-order valence-electron chi connectivity index (χ2n) is 5.44. The van der Waals surface area contributed by atoms with Crippen molar-refractivity contribution in [3.8, 4) is 0 Å². The fraction of sp³-hybridized carbons (Fsp3) is 0.375. The molecule has 0 spiro atoms. The standard InChI is InChI=1S/C16H18N2O3S/c1-2-8-17-9-10-18-15(17)22-13(11-14(19)20)16(18,21)12-6-4-3-5-7-12/h3-7,9-10,13,21H,2,8,11H2,1H3/p+1. The summed E-state index contributed by atoms with van der Waals surface area (Å²) in [5.41, 5.74) is -0.620. The third-order valence-corrected chi connectivity index (χ3v) is 5.36. The van der Waals surface area contributed by atoms with Gasteiger partial charge in [0.05, 0.1) is 13.0 Å². The maximum atomic E-state index is 11.4. The Bertz CT molecular complexity index is 686. The van der Waals surface area contributed by atoms with E-state index in [0.29, 0.717) is 5.56 Å². The molecule has 1 aromatic heterocycles. The van der Waals surface area contributed by atoms with Crippen molar-refractivity contribution < 1.29 is 19.6 Å². The van der Waals surface area contributed by atoms with Crippen molar-refractivity contribution in [3.63, 3.8) is 0 Å². The van der Waals surface area contributed by atoms with E-state index in [4.69, 9.17) is 0 Å². The lowest BCUT2D eigenvalue weighted by Crippen LogP contribution is -2.41. The van der Waals surface area contributed by atoms with Gasteiger partial charge in [0, 0.05) is 5.56 Å². The van der Waals surface area contributed by atoms with Crippen molar-refractivity contribution in [1.29, 1.82) is 0 Å². The lowest BCUT2D eigenvalue weighted by molar-refractivity contribution is -0.733. The number of hydrogen-bond donors (Lipinski definition) is 2. The van der Waals surface area contributed by atoms with Crippen LogP contribution in [0.2, 0.25) is 0 Å². The van der Waals surface area contributed by atoms with Gasteiger partial charge in [-0.25, -0.2) is 4.57 Å². The van der Waals surface area contributed by atoms with Gasteiger partial charge in [-0.1, -0.05) is 37.3 Å². The number of fused-ring (bicyclic) bond motifs is 1. The number of aliphatic carboxylic acids is 1. The number of benzene rings is 1. The molecular weight excluding hydrogens is 300 g/mol. The summed E-state index contributed by atoms with van der Waals surface area (Å²) >= 11 is 1.43. The Balaban J connectivity index is 2.10. The zero-order valence-corrected chi connectivity index (χ0v) is 13.2. The molecule has 0 aliphatic carbocycles. The van der Waals surface area contributed by atoms with Crippen LogP contribution < -0.4 is 4.57 Å². The minimum Gasteiger partial charge on any atom is -0.481 e. The average Bonchev–Trinajstić information content (AvgIpc) is 3.01. The molecule has 6 heteroatoms. The van der Waals surface area contributed by atoms with Gasteiger partial charge in [-0.2, -0.15) is 4.57 Å². The van der Waals surface area contributed by atoms with E-state index in [1.807, 2.05) is 42.7 Å².